The van der Waals surface area contributed by atoms with Crippen molar-refractivity contribution >= 4 is 5.78 Å². The summed E-state index contributed by atoms with van der Waals surface area (Å²) in [7, 11) is 0. The highest BCUT2D eigenvalue weighted by atomic mass is 16.5. The molecule has 1 atom stereocenters. The summed E-state index contributed by atoms with van der Waals surface area (Å²) in [4.78, 5) is 14.1. The van der Waals surface area contributed by atoms with Crippen LogP contribution in [0.1, 0.15) is 26.7 Å². The molecule has 0 aromatic rings. The first-order valence-electron chi connectivity index (χ1n) is 5.58. The average Bonchev–Trinajstić information content (AvgIpc) is 3.00. The van der Waals surface area contributed by atoms with Crippen LogP contribution in [0.25, 0.3) is 0 Å². The molecule has 0 radical (unpaired) electrons. The van der Waals surface area contributed by atoms with Gasteiger partial charge >= 0.3 is 0 Å². The van der Waals surface area contributed by atoms with Gasteiger partial charge in [-0.05, 0) is 26.7 Å². The van der Waals surface area contributed by atoms with Gasteiger partial charge in [0.2, 0.25) is 0 Å². The molecular formula is C11H19NO2. The van der Waals surface area contributed by atoms with Crippen LogP contribution in [0.4, 0.5) is 0 Å². The summed E-state index contributed by atoms with van der Waals surface area (Å²) in [6.07, 6.45) is 2.03. The lowest BCUT2D eigenvalue weighted by atomic mass is 10.1. The Labute approximate surface area is 85.4 Å². The Morgan fingerprint density at radius 3 is 2.71 bits per heavy atom. The number of carbonyl (C=O) groups excluding carboxylic acids is 1. The van der Waals surface area contributed by atoms with Gasteiger partial charge in [0.05, 0.1) is 6.61 Å². The largest absolute Gasteiger partial charge is 0.368 e. The van der Waals surface area contributed by atoms with E-state index in [1.165, 1.54) is 0 Å². The number of hydrogen-bond donors (Lipinski definition) is 0. The van der Waals surface area contributed by atoms with Crippen LogP contribution in [0.5, 0.6) is 0 Å². The summed E-state index contributed by atoms with van der Waals surface area (Å²) in [6, 6.07) is 0.522. The molecule has 3 heteroatoms. The van der Waals surface area contributed by atoms with Crippen molar-refractivity contribution in [2.75, 3.05) is 19.7 Å². The lowest BCUT2D eigenvalue weighted by Gasteiger charge is -2.34. The van der Waals surface area contributed by atoms with E-state index in [2.05, 4.69) is 18.7 Å². The molecule has 14 heavy (non-hydrogen) atoms. The van der Waals surface area contributed by atoms with E-state index in [1.54, 1.807) is 0 Å². The summed E-state index contributed by atoms with van der Waals surface area (Å²) >= 11 is 0. The third kappa shape index (κ3) is 2.15. The predicted molar refractivity (Wildman–Crippen MR) is 54.2 cm³/mol. The number of ether oxygens (including phenoxy) is 1. The van der Waals surface area contributed by atoms with Gasteiger partial charge in [-0.25, -0.2) is 0 Å². The third-order valence-electron chi connectivity index (χ3n) is 3.13. The van der Waals surface area contributed by atoms with Crippen LogP contribution < -0.4 is 0 Å². The van der Waals surface area contributed by atoms with Gasteiger partial charge in [0.15, 0.2) is 5.78 Å². The Morgan fingerprint density at radius 2 is 2.14 bits per heavy atom. The topological polar surface area (TPSA) is 29.5 Å². The van der Waals surface area contributed by atoms with Crippen LogP contribution in [-0.2, 0) is 9.53 Å². The lowest BCUT2D eigenvalue weighted by molar-refractivity contribution is -0.138. The molecule has 1 aliphatic heterocycles. The fourth-order valence-corrected chi connectivity index (χ4v) is 1.94. The molecule has 0 aromatic heterocycles. The zero-order valence-electron chi connectivity index (χ0n) is 9.03. The molecule has 0 N–H and O–H groups in total. The molecule has 0 spiro atoms. The maximum Gasteiger partial charge on any atom is 0.165 e. The summed E-state index contributed by atoms with van der Waals surface area (Å²) in [5, 5.41) is 0. The first-order valence-corrected chi connectivity index (χ1v) is 5.58. The predicted octanol–water partition coefficient (Wildman–Crippen LogP) is 1.07. The van der Waals surface area contributed by atoms with Crippen LogP contribution >= 0.6 is 0 Å². The number of ketones is 1. The van der Waals surface area contributed by atoms with Crippen LogP contribution in [0.2, 0.25) is 0 Å². The van der Waals surface area contributed by atoms with Crippen molar-refractivity contribution in [2.24, 2.45) is 5.92 Å². The van der Waals surface area contributed by atoms with Crippen LogP contribution in [0.15, 0.2) is 0 Å². The smallest absolute Gasteiger partial charge is 0.165 e. The van der Waals surface area contributed by atoms with Gasteiger partial charge in [-0.2, -0.15) is 0 Å². The zero-order chi connectivity index (χ0) is 10.1. The number of hydrogen-bond acceptors (Lipinski definition) is 3. The Hall–Kier alpha value is -0.410. The molecule has 80 valence electrons. The zero-order valence-corrected chi connectivity index (χ0v) is 9.03. The molecule has 2 aliphatic rings. The second kappa shape index (κ2) is 3.99. The van der Waals surface area contributed by atoms with Gasteiger partial charge in [-0.15, -0.1) is 0 Å². The fraction of sp³-hybridized carbons (Fsp3) is 0.909. The van der Waals surface area contributed by atoms with E-state index in [9.17, 15) is 4.79 Å². The molecule has 3 nitrogen and oxygen atoms in total. The highest BCUT2D eigenvalue weighted by molar-refractivity contribution is 5.87. The Kier molecular flexibility index (Phi) is 2.88. The molecule has 1 heterocycles. The number of nitrogens with zero attached hydrogens (tertiary/aromatic N) is 1. The van der Waals surface area contributed by atoms with Crippen molar-refractivity contribution in [3.63, 3.8) is 0 Å². The van der Waals surface area contributed by atoms with E-state index in [1.807, 2.05) is 0 Å². The monoisotopic (exact) mass is 197 g/mol. The quantitative estimate of drug-likeness (QED) is 0.678. The minimum atomic E-state index is -0.140. The molecule has 0 aromatic carbocycles. The normalized spacial score (nSPS) is 29.5. The maximum atomic E-state index is 11.8. The van der Waals surface area contributed by atoms with Gasteiger partial charge in [0.25, 0.3) is 0 Å². The van der Waals surface area contributed by atoms with Gasteiger partial charge in [0.1, 0.15) is 6.10 Å². The number of rotatable bonds is 3. The summed E-state index contributed by atoms with van der Waals surface area (Å²) in [5.41, 5.74) is 0. The summed E-state index contributed by atoms with van der Waals surface area (Å²) in [5.74, 6) is 0.669. The first kappa shape index (κ1) is 10.1. The van der Waals surface area contributed by atoms with E-state index in [4.69, 9.17) is 4.74 Å². The molecule has 1 saturated heterocycles. The van der Waals surface area contributed by atoms with E-state index < -0.39 is 0 Å². The van der Waals surface area contributed by atoms with Crippen molar-refractivity contribution < 1.29 is 9.53 Å². The van der Waals surface area contributed by atoms with Crippen molar-refractivity contribution in [2.45, 2.75) is 38.8 Å². The average molecular weight is 197 g/mol. The summed E-state index contributed by atoms with van der Waals surface area (Å²) in [6.45, 7) is 6.81. The van der Waals surface area contributed by atoms with Crippen LogP contribution in [-0.4, -0.2) is 42.5 Å². The number of carbonyl (C=O) groups is 1. The molecule has 1 saturated carbocycles. The molecular weight excluding hydrogens is 178 g/mol. The van der Waals surface area contributed by atoms with E-state index in [0.717, 1.165) is 25.9 Å². The Balaban J connectivity index is 1.89. The minimum Gasteiger partial charge on any atom is -0.368 e. The van der Waals surface area contributed by atoms with Crippen molar-refractivity contribution in [3.05, 3.63) is 0 Å². The van der Waals surface area contributed by atoms with Crippen LogP contribution in [0, 0.1) is 5.92 Å². The van der Waals surface area contributed by atoms with E-state index in [-0.39, 0.29) is 6.10 Å². The van der Waals surface area contributed by atoms with Crippen LogP contribution in [0.3, 0.4) is 0 Å². The highest BCUT2D eigenvalue weighted by Crippen LogP contribution is 2.32. The van der Waals surface area contributed by atoms with Crippen molar-refractivity contribution in [1.29, 1.82) is 0 Å². The van der Waals surface area contributed by atoms with Gasteiger partial charge in [-0.1, -0.05) is 0 Å². The second-order valence-electron chi connectivity index (χ2n) is 4.62. The molecule has 1 aliphatic carbocycles. The standard InChI is InChI=1S/C11H19NO2/c1-8(2)12-5-6-14-10(7-12)11(13)9-3-4-9/h8-10H,3-7H2,1-2H3. The van der Waals surface area contributed by atoms with E-state index in [0.29, 0.717) is 24.3 Å². The Bertz CT molecular complexity index is 223. The van der Waals surface area contributed by atoms with Gasteiger partial charge in [0, 0.05) is 25.0 Å². The lowest BCUT2D eigenvalue weighted by Crippen LogP contribution is -2.49. The Morgan fingerprint density at radius 1 is 1.43 bits per heavy atom. The first-order chi connectivity index (χ1) is 6.68. The molecule has 0 amide bonds. The number of Topliss-reactive ketones (excluding diaryl/α,β-unsaturated/α-hetero) is 1. The third-order valence-corrected chi connectivity index (χ3v) is 3.13. The summed E-state index contributed by atoms with van der Waals surface area (Å²) < 4.78 is 5.53. The SMILES string of the molecule is CC(C)N1CCOC(C(=O)C2CC2)C1. The molecule has 2 fully saturated rings. The highest BCUT2D eigenvalue weighted by Gasteiger charge is 2.37. The van der Waals surface area contributed by atoms with Gasteiger partial charge < -0.3 is 4.74 Å². The minimum absolute atomic E-state index is 0.140. The van der Waals surface area contributed by atoms with E-state index >= 15 is 0 Å². The van der Waals surface area contributed by atoms with Crippen molar-refractivity contribution in [1.82, 2.24) is 4.90 Å². The van der Waals surface area contributed by atoms with Crippen molar-refractivity contribution in [3.8, 4) is 0 Å². The fourth-order valence-electron chi connectivity index (χ4n) is 1.94. The molecule has 1 unspecified atom stereocenters. The van der Waals surface area contributed by atoms with Gasteiger partial charge in [-0.3, -0.25) is 9.69 Å². The maximum absolute atomic E-state index is 11.8. The molecule has 0 bridgehead atoms. The number of morpholine rings is 1. The second-order valence-corrected chi connectivity index (χ2v) is 4.62. The molecule has 2 rings (SSSR count).